The molecule has 0 aliphatic heterocycles. The first kappa shape index (κ1) is 10.7. The molecule has 8 heteroatoms. The van der Waals surface area contributed by atoms with Crippen molar-refractivity contribution < 1.29 is 9.66 Å². The molecule has 1 heterocycles. The number of hydrogen-bond donors (Lipinski definition) is 0. The summed E-state index contributed by atoms with van der Waals surface area (Å²) < 4.78 is 5.03. The molecule has 1 aromatic heterocycles. The summed E-state index contributed by atoms with van der Waals surface area (Å²) >= 11 is 0. The number of hydrogen-bond acceptors (Lipinski definition) is 5. The van der Waals surface area contributed by atoms with Crippen LogP contribution in [0.1, 0.15) is 0 Å². The first-order valence-corrected chi connectivity index (χ1v) is 3.98. The SMILES string of the molecule is [N-]=[N+]=NCCOc1cccnc1[N+](=O)[O-]. The monoisotopic (exact) mass is 209 g/mol. The molecule has 0 amide bonds. The zero-order chi connectivity index (χ0) is 11.1. The fourth-order valence-corrected chi connectivity index (χ4v) is 0.873. The van der Waals surface area contributed by atoms with Gasteiger partial charge in [-0.05, 0) is 27.6 Å². The van der Waals surface area contributed by atoms with Gasteiger partial charge in [0, 0.05) is 4.91 Å². The van der Waals surface area contributed by atoms with Crippen molar-refractivity contribution in [3.8, 4) is 5.75 Å². The second-order valence-electron chi connectivity index (χ2n) is 2.39. The zero-order valence-corrected chi connectivity index (χ0v) is 7.61. The number of rotatable bonds is 5. The fourth-order valence-electron chi connectivity index (χ4n) is 0.873. The van der Waals surface area contributed by atoms with Gasteiger partial charge in [0.25, 0.3) is 0 Å². The first-order chi connectivity index (χ1) is 7.25. The van der Waals surface area contributed by atoms with Gasteiger partial charge >= 0.3 is 5.82 Å². The second-order valence-corrected chi connectivity index (χ2v) is 2.39. The van der Waals surface area contributed by atoms with Crippen LogP contribution in [0.2, 0.25) is 0 Å². The van der Waals surface area contributed by atoms with Gasteiger partial charge in [0.05, 0.1) is 13.2 Å². The van der Waals surface area contributed by atoms with Gasteiger partial charge in [-0.25, -0.2) is 0 Å². The van der Waals surface area contributed by atoms with Crippen molar-refractivity contribution in [2.75, 3.05) is 13.2 Å². The predicted octanol–water partition coefficient (Wildman–Crippen LogP) is 1.68. The molecule has 0 aliphatic rings. The summed E-state index contributed by atoms with van der Waals surface area (Å²) in [7, 11) is 0. The molecule has 0 atom stereocenters. The number of ether oxygens (including phenoxy) is 1. The highest BCUT2D eigenvalue weighted by Gasteiger charge is 2.14. The van der Waals surface area contributed by atoms with Gasteiger partial charge in [-0.1, -0.05) is 5.11 Å². The molecule has 0 radical (unpaired) electrons. The summed E-state index contributed by atoms with van der Waals surface area (Å²) in [6.07, 6.45) is 1.30. The van der Waals surface area contributed by atoms with E-state index in [0.717, 1.165) is 0 Å². The first-order valence-electron chi connectivity index (χ1n) is 3.98. The van der Waals surface area contributed by atoms with Gasteiger partial charge in [-0.3, -0.25) is 0 Å². The molecule has 1 aromatic rings. The van der Waals surface area contributed by atoms with E-state index >= 15 is 0 Å². The largest absolute Gasteiger partial charge is 0.486 e. The summed E-state index contributed by atoms with van der Waals surface area (Å²) in [5, 5.41) is 13.7. The molecule has 0 bridgehead atoms. The highest BCUT2D eigenvalue weighted by atomic mass is 16.6. The molecule has 0 N–H and O–H groups in total. The summed E-state index contributed by atoms with van der Waals surface area (Å²) in [4.78, 5) is 15.9. The maximum Gasteiger partial charge on any atom is 0.406 e. The molecule has 0 saturated heterocycles. The van der Waals surface area contributed by atoms with Gasteiger partial charge in [0.2, 0.25) is 5.75 Å². The minimum atomic E-state index is -0.636. The van der Waals surface area contributed by atoms with Crippen molar-refractivity contribution in [3.05, 3.63) is 38.9 Å². The summed E-state index contributed by atoms with van der Waals surface area (Å²) in [6, 6.07) is 2.96. The van der Waals surface area contributed by atoms with Crippen LogP contribution in [0.25, 0.3) is 10.4 Å². The van der Waals surface area contributed by atoms with Gasteiger partial charge in [0.15, 0.2) is 0 Å². The summed E-state index contributed by atoms with van der Waals surface area (Å²) in [5.74, 6) is -0.283. The molecule has 0 spiro atoms. The maximum atomic E-state index is 10.5. The number of nitrogens with zero attached hydrogens (tertiary/aromatic N) is 5. The van der Waals surface area contributed by atoms with Crippen LogP contribution < -0.4 is 4.74 Å². The van der Waals surface area contributed by atoms with Gasteiger partial charge in [-0.15, -0.1) is 0 Å². The van der Waals surface area contributed by atoms with E-state index in [1.165, 1.54) is 18.3 Å². The zero-order valence-electron chi connectivity index (χ0n) is 7.61. The third kappa shape index (κ3) is 3.12. The molecule has 78 valence electrons. The van der Waals surface area contributed by atoms with Crippen LogP contribution in [0.3, 0.4) is 0 Å². The minimum absolute atomic E-state index is 0.0654. The quantitative estimate of drug-likeness (QED) is 0.183. The van der Waals surface area contributed by atoms with Gasteiger partial charge in [-0.2, -0.15) is 0 Å². The maximum absolute atomic E-state index is 10.5. The molecule has 8 nitrogen and oxygen atoms in total. The van der Waals surface area contributed by atoms with Crippen LogP contribution in [0, 0.1) is 10.1 Å². The molecule has 0 aromatic carbocycles. The van der Waals surface area contributed by atoms with Crippen molar-refractivity contribution in [1.82, 2.24) is 4.98 Å². The molecule has 0 unspecified atom stereocenters. The van der Waals surface area contributed by atoms with Crippen LogP contribution in [0.15, 0.2) is 23.4 Å². The number of aromatic nitrogens is 1. The Kier molecular flexibility index (Phi) is 3.87. The topological polar surface area (TPSA) is 114 Å². The Labute approximate surface area is 84.3 Å². The van der Waals surface area contributed by atoms with Crippen molar-refractivity contribution in [1.29, 1.82) is 0 Å². The highest BCUT2D eigenvalue weighted by molar-refractivity contribution is 5.38. The highest BCUT2D eigenvalue weighted by Crippen LogP contribution is 2.22. The third-order valence-electron chi connectivity index (χ3n) is 1.44. The summed E-state index contributed by atoms with van der Waals surface area (Å²) in [6.45, 7) is 0.194. The Morgan fingerprint density at radius 3 is 3.20 bits per heavy atom. The molecular weight excluding hydrogens is 202 g/mol. The van der Waals surface area contributed by atoms with Crippen molar-refractivity contribution in [3.63, 3.8) is 0 Å². The van der Waals surface area contributed by atoms with Crippen LogP contribution in [-0.4, -0.2) is 23.1 Å². The fraction of sp³-hybridized carbons (Fsp3) is 0.286. The average molecular weight is 209 g/mol. The molecule has 15 heavy (non-hydrogen) atoms. The third-order valence-corrected chi connectivity index (χ3v) is 1.44. The number of pyridine rings is 1. The minimum Gasteiger partial charge on any atom is -0.486 e. The van der Waals surface area contributed by atoms with E-state index < -0.39 is 4.92 Å². The predicted molar refractivity (Wildman–Crippen MR) is 50.4 cm³/mol. The second kappa shape index (κ2) is 5.40. The van der Waals surface area contributed by atoms with E-state index in [2.05, 4.69) is 15.0 Å². The van der Waals surface area contributed by atoms with Crippen molar-refractivity contribution >= 4 is 5.82 Å². The molecule has 0 saturated carbocycles. The Morgan fingerprint density at radius 1 is 1.73 bits per heavy atom. The Balaban J connectivity index is 2.67. The van der Waals surface area contributed by atoms with Crippen molar-refractivity contribution in [2.45, 2.75) is 0 Å². The molecule has 0 fully saturated rings. The van der Waals surface area contributed by atoms with E-state index in [0.29, 0.717) is 0 Å². The van der Waals surface area contributed by atoms with E-state index in [1.807, 2.05) is 0 Å². The van der Waals surface area contributed by atoms with Crippen LogP contribution >= 0.6 is 0 Å². The summed E-state index contributed by atoms with van der Waals surface area (Å²) in [5.41, 5.74) is 7.99. The Morgan fingerprint density at radius 2 is 2.53 bits per heavy atom. The van der Waals surface area contributed by atoms with E-state index in [4.69, 9.17) is 10.3 Å². The molecule has 0 aliphatic carbocycles. The van der Waals surface area contributed by atoms with Crippen LogP contribution in [-0.2, 0) is 0 Å². The van der Waals surface area contributed by atoms with Gasteiger partial charge in [0.1, 0.15) is 6.20 Å². The Hall–Kier alpha value is -2.34. The van der Waals surface area contributed by atoms with Crippen LogP contribution in [0.5, 0.6) is 5.75 Å². The van der Waals surface area contributed by atoms with Gasteiger partial charge < -0.3 is 14.9 Å². The van der Waals surface area contributed by atoms with Crippen LogP contribution in [0.4, 0.5) is 5.82 Å². The lowest BCUT2D eigenvalue weighted by atomic mass is 10.4. The van der Waals surface area contributed by atoms with E-state index in [-0.39, 0.29) is 24.7 Å². The lowest BCUT2D eigenvalue weighted by Gasteiger charge is -2.03. The van der Waals surface area contributed by atoms with E-state index in [9.17, 15) is 10.1 Å². The van der Waals surface area contributed by atoms with Crippen molar-refractivity contribution in [2.24, 2.45) is 5.11 Å². The smallest absolute Gasteiger partial charge is 0.406 e. The number of nitro groups is 1. The Bertz CT molecular complexity index is 401. The lowest BCUT2D eigenvalue weighted by Crippen LogP contribution is -2.03. The molecular formula is C7H7N5O3. The average Bonchev–Trinajstić information content (AvgIpc) is 2.25. The number of azide groups is 1. The lowest BCUT2D eigenvalue weighted by molar-refractivity contribution is -0.390. The normalized spacial score (nSPS) is 9.07. The van der Waals surface area contributed by atoms with E-state index in [1.54, 1.807) is 0 Å². The standard InChI is InChI=1S/C7H7N5O3/c8-11-10-4-5-15-6-2-1-3-9-7(6)12(13)14/h1-3H,4-5H2. The molecule has 1 rings (SSSR count).